The quantitative estimate of drug-likeness (QED) is 0.357. The highest BCUT2D eigenvalue weighted by molar-refractivity contribution is 7.20. The second-order valence-corrected chi connectivity index (χ2v) is 9.22. The average Bonchev–Trinajstić information content (AvgIpc) is 3.48. The molecule has 0 spiro atoms. The predicted molar refractivity (Wildman–Crippen MR) is 128 cm³/mol. The standard InChI is InChI=1S/C25H30N2O5S/c1-2-29-9-10-30-11-12-31-17-25(7-8-25)19-3-5-20(6-4-19)32-16-18-14-27-15-23-21(18)13-22(33-23)24(26)28/h3-6,13-15H,2,7-12,16-17H2,1H3,(H2,26,28). The molecule has 7 nitrogen and oxygen atoms in total. The van der Waals surface area contributed by atoms with Crippen LogP contribution in [0.3, 0.4) is 0 Å². The zero-order chi connectivity index (χ0) is 23.1. The van der Waals surface area contributed by atoms with Gasteiger partial charge in [-0.25, -0.2) is 0 Å². The highest BCUT2D eigenvalue weighted by Crippen LogP contribution is 2.48. The van der Waals surface area contributed by atoms with E-state index in [4.69, 9.17) is 24.7 Å². The third-order valence-electron chi connectivity index (χ3n) is 5.81. The number of hydrogen-bond donors (Lipinski definition) is 1. The second-order valence-electron chi connectivity index (χ2n) is 8.14. The number of carbonyl (C=O) groups is 1. The van der Waals surface area contributed by atoms with Gasteiger partial charge >= 0.3 is 0 Å². The summed E-state index contributed by atoms with van der Waals surface area (Å²) in [6.07, 6.45) is 5.78. The number of carbonyl (C=O) groups excluding carboxylic acids is 1. The van der Waals surface area contributed by atoms with Gasteiger partial charge < -0.3 is 24.7 Å². The number of nitrogens with two attached hydrogens (primary N) is 1. The fraction of sp³-hybridized carbons (Fsp3) is 0.440. The minimum absolute atomic E-state index is 0.112. The van der Waals surface area contributed by atoms with Gasteiger partial charge in [0.05, 0.1) is 42.6 Å². The van der Waals surface area contributed by atoms with Crippen LogP contribution in [0.4, 0.5) is 0 Å². The SMILES string of the molecule is CCOCCOCCOCC1(c2ccc(OCc3cncc4sc(C(N)=O)cc34)cc2)CC1. The van der Waals surface area contributed by atoms with Crippen molar-refractivity contribution in [2.75, 3.05) is 39.6 Å². The number of benzene rings is 1. The van der Waals surface area contributed by atoms with Gasteiger partial charge in [0.15, 0.2) is 0 Å². The fourth-order valence-electron chi connectivity index (χ4n) is 3.74. The Labute approximate surface area is 197 Å². The lowest BCUT2D eigenvalue weighted by Crippen LogP contribution is -2.18. The molecule has 1 aromatic carbocycles. The van der Waals surface area contributed by atoms with E-state index in [2.05, 4.69) is 17.1 Å². The van der Waals surface area contributed by atoms with Crippen LogP contribution in [-0.2, 0) is 26.2 Å². The number of thiophene rings is 1. The van der Waals surface area contributed by atoms with E-state index in [0.29, 0.717) is 51.1 Å². The number of amides is 1. The Morgan fingerprint density at radius 1 is 1.06 bits per heavy atom. The molecule has 1 fully saturated rings. The topological polar surface area (TPSA) is 92.9 Å². The maximum atomic E-state index is 11.5. The van der Waals surface area contributed by atoms with Gasteiger partial charge in [-0.2, -0.15) is 0 Å². The summed E-state index contributed by atoms with van der Waals surface area (Å²) >= 11 is 1.35. The Balaban J connectivity index is 1.27. The van der Waals surface area contributed by atoms with Crippen molar-refractivity contribution >= 4 is 27.3 Å². The molecule has 33 heavy (non-hydrogen) atoms. The molecule has 0 atom stereocenters. The molecule has 0 unspecified atom stereocenters. The summed E-state index contributed by atoms with van der Waals surface area (Å²) in [5.74, 6) is 0.367. The monoisotopic (exact) mass is 470 g/mol. The Morgan fingerprint density at radius 3 is 2.48 bits per heavy atom. The van der Waals surface area contributed by atoms with Crippen LogP contribution in [0, 0.1) is 0 Å². The number of pyridine rings is 1. The van der Waals surface area contributed by atoms with E-state index in [9.17, 15) is 4.79 Å². The Bertz CT molecular complexity index is 1060. The van der Waals surface area contributed by atoms with E-state index in [1.165, 1.54) is 16.9 Å². The van der Waals surface area contributed by atoms with Gasteiger partial charge in [-0.15, -0.1) is 11.3 Å². The van der Waals surface area contributed by atoms with Crippen LogP contribution in [0.1, 0.15) is 40.6 Å². The van der Waals surface area contributed by atoms with E-state index < -0.39 is 5.91 Å². The van der Waals surface area contributed by atoms with Crippen molar-refractivity contribution in [1.29, 1.82) is 0 Å². The molecule has 0 bridgehead atoms. The van der Waals surface area contributed by atoms with Crippen LogP contribution >= 0.6 is 11.3 Å². The first-order valence-electron chi connectivity index (χ1n) is 11.2. The molecule has 1 aliphatic rings. The van der Waals surface area contributed by atoms with Crippen molar-refractivity contribution in [3.8, 4) is 5.75 Å². The molecule has 2 heterocycles. The maximum absolute atomic E-state index is 11.5. The molecule has 0 aliphatic heterocycles. The van der Waals surface area contributed by atoms with E-state index in [1.54, 1.807) is 12.4 Å². The molecular weight excluding hydrogens is 440 g/mol. The van der Waals surface area contributed by atoms with Crippen LogP contribution in [0.5, 0.6) is 5.75 Å². The first kappa shape index (κ1) is 23.6. The van der Waals surface area contributed by atoms with Crippen molar-refractivity contribution in [3.63, 3.8) is 0 Å². The molecule has 3 aromatic rings. The molecule has 2 N–H and O–H groups in total. The zero-order valence-electron chi connectivity index (χ0n) is 18.9. The van der Waals surface area contributed by atoms with E-state index in [-0.39, 0.29) is 5.41 Å². The van der Waals surface area contributed by atoms with Crippen molar-refractivity contribution in [1.82, 2.24) is 4.98 Å². The maximum Gasteiger partial charge on any atom is 0.258 e. The van der Waals surface area contributed by atoms with Crippen LogP contribution in [0.15, 0.2) is 42.7 Å². The van der Waals surface area contributed by atoms with Crippen LogP contribution in [0.2, 0.25) is 0 Å². The van der Waals surface area contributed by atoms with Gasteiger partial charge in [-0.3, -0.25) is 9.78 Å². The van der Waals surface area contributed by atoms with Crippen molar-refractivity contribution < 1.29 is 23.7 Å². The lowest BCUT2D eigenvalue weighted by atomic mass is 9.97. The van der Waals surface area contributed by atoms with Crippen molar-refractivity contribution in [2.45, 2.75) is 31.8 Å². The summed E-state index contributed by atoms with van der Waals surface area (Å²) in [7, 11) is 0. The number of primary amides is 1. The lowest BCUT2D eigenvalue weighted by Gasteiger charge is -2.17. The van der Waals surface area contributed by atoms with Gasteiger partial charge in [-0.05, 0) is 43.5 Å². The first-order valence-corrected chi connectivity index (χ1v) is 12.1. The third-order valence-corrected chi connectivity index (χ3v) is 6.90. The van der Waals surface area contributed by atoms with Gasteiger partial charge in [0.1, 0.15) is 12.4 Å². The van der Waals surface area contributed by atoms with E-state index in [0.717, 1.165) is 34.2 Å². The Kier molecular flexibility index (Phi) is 7.93. The lowest BCUT2D eigenvalue weighted by molar-refractivity contribution is 0.0124. The second kappa shape index (κ2) is 11.1. The summed E-state index contributed by atoms with van der Waals surface area (Å²) in [6, 6.07) is 10.1. The molecular formula is C25H30N2O5S. The summed E-state index contributed by atoms with van der Waals surface area (Å²) in [5, 5.41) is 0.955. The summed E-state index contributed by atoms with van der Waals surface area (Å²) in [6.45, 7) is 6.17. The predicted octanol–water partition coefficient (Wildman–Crippen LogP) is 4.08. The van der Waals surface area contributed by atoms with Crippen LogP contribution in [-0.4, -0.2) is 50.5 Å². The average molecular weight is 471 g/mol. The van der Waals surface area contributed by atoms with E-state index >= 15 is 0 Å². The number of hydrogen-bond acceptors (Lipinski definition) is 7. The molecule has 1 aliphatic carbocycles. The normalized spacial score (nSPS) is 14.5. The summed E-state index contributed by atoms with van der Waals surface area (Å²) in [4.78, 5) is 16.3. The highest BCUT2D eigenvalue weighted by atomic mass is 32.1. The highest BCUT2D eigenvalue weighted by Gasteiger charge is 2.44. The first-order chi connectivity index (χ1) is 16.1. The zero-order valence-corrected chi connectivity index (χ0v) is 19.7. The Morgan fingerprint density at radius 2 is 1.79 bits per heavy atom. The molecule has 8 heteroatoms. The fourth-order valence-corrected chi connectivity index (χ4v) is 4.66. The molecule has 2 aromatic heterocycles. The number of fused-ring (bicyclic) bond motifs is 1. The van der Waals surface area contributed by atoms with Crippen molar-refractivity contribution in [2.24, 2.45) is 5.73 Å². The minimum atomic E-state index is -0.425. The number of ether oxygens (including phenoxy) is 4. The molecule has 4 rings (SSSR count). The molecule has 0 radical (unpaired) electrons. The van der Waals surface area contributed by atoms with Gasteiger partial charge in [0.25, 0.3) is 5.91 Å². The third kappa shape index (κ3) is 6.09. The van der Waals surface area contributed by atoms with Crippen LogP contribution < -0.4 is 10.5 Å². The van der Waals surface area contributed by atoms with Gasteiger partial charge in [0.2, 0.25) is 0 Å². The van der Waals surface area contributed by atoms with Crippen molar-refractivity contribution in [3.05, 3.63) is 58.7 Å². The van der Waals surface area contributed by atoms with Gasteiger partial charge in [0, 0.05) is 35.4 Å². The van der Waals surface area contributed by atoms with Crippen LogP contribution in [0.25, 0.3) is 10.1 Å². The number of rotatable bonds is 14. The number of aromatic nitrogens is 1. The number of nitrogens with zero attached hydrogens (tertiary/aromatic N) is 1. The molecule has 1 saturated carbocycles. The molecule has 1 amide bonds. The summed E-state index contributed by atoms with van der Waals surface area (Å²) in [5.41, 5.74) is 7.73. The molecule has 0 saturated heterocycles. The summed E-state index contributed by atoms with van der Waals surface area (Å²) < 4.78 is 23.6. The smallest absolute Gasteiger partial charge is 0.258 e. The van der Waals surface area contributed by atoms with Gasteiger partial charge in [-0.1, -0.05) is 12.1 Å². The Hall–Kier alpha value is -2.52. The van der Waals surface area contributed by atoms with E-state index in [1.807, 2.05) is 25.1 Å². The largest absolute Gasteiger partial charge is 0.489 e. The minimum Gasteiger partial charge on any atom is -0.489 e. The molecule has 176 valence electrons.